The van der Waals surface area contributed by atoms with Crippen molar-refractivity contribution < 1.29 is 13.6 Å². The van der Waals surface area contributed by atoms with Crippen LogP contribution in [0.5, 0.6) is 0 Å². The number of nitriles is 1. The summed E-state index contributed by atoms with van der Waals surface area (Å²) in [5.74, 6) is -1.67. The van der Waals surface area contributed by atoms with Gasteiger partial charge in [-0.2, -0.15) is 5.26 Å². The number of amides is 1. The monoisotopic (exact) mass is 258 g/mol. The molecule has 5 heteroatoms. The van der Waals surface area contributed by atoms with Crippen molar-refractivity contribution in [3.63, 3.8) is 0 Å². The molecule has 0 unspecified atom stereocenters. The van der Waals surface area contributed by atoms with Gasteiger partial charge in [-0.3, -0.25) is 4.79 Å². The lowest BCUT2D eigenvalue weighted by molar-refractivity contribution is 0.102. The van der Waals surface area contributed by atoms with Gasteiger partial charge in [0.15, 0.2) is 0 Å². The van der Waals surface area contributed by atoms with E-state index in [9.17, 15) is 13.6 Å². The Kier molecular flexibility index (Phi) is 3.53. The Bertz CT molecular complexity index is 677. The summed E-state index contributed by atoms with van der Waals surface area (Å²) in [6.45, 7) is 0. The Morgan fingerprint density at radius 3 is 2.53 bits per heavy atom. The number of carbonyl (C=O) groups is 1. The highest BCUT2D eigenvalue weighted by Gasteiger charge is 2.10. The first kappa shape index (κ1) is 12.7. The third-order valence-corrected chi connectivity index (χ3v) is 2.44. The fourth-order valence-electron chi connectivity index (χ4n) is 1.54. The van der Waals surface area contributed by atoms with Crippen LogP contribution in [-0.4, -0.2) is 5.91 Å². The molecule has 0 aliphatic carbocycles. The van der Waals surface area contributed by atoms with Gasteiger partial charge in [-0.05, 0) is 36.4 Å². The molecule has 0 aliphatic heterocycles. The highest BCUT2D eigenvalue weighted by Crippen LogP contribution is 2.17. The number of nitrogens with zero attached hydrogens (tertiary/aromatic N) is 1. The highest BCUT2D eigenvalue weighted by molar-refractivity contribution is 6.04. The maximum absolute atomic E-state index is 13.0. The molecule has 0 bridgehead atoms. The maximum atomic E-state index is 13.0. The number of halogens is 2. The zero-order chi connectivity index (χ0) is 13.8. The second-order valence-corrected chi connectivity index (χ2v) is 3.77. The van der Waals surface area contributed by atoms with Crippen molar-refractivity contribution in [3.05, 3.63) is 65.2 Å². The first-order valence-corrected chi connectivity index (χ1v) is 5.37. The van der Waals surface area contributed by atoms with Crippen LogP contribution >= 0.6 is 0 Å². The molecule has 2 aromatic carbocycles. The molecule has 1 N–H and O–H groups in total. The van der Waals surface area contributed by atoms with Gasteiger partial charge in [-0.15, -0.1) is 0 Å². The van der Waals surface area contributed by atoms with E-state index in [1.807, 2.05) is 0 Å². The second-order valence-electron chi connectivity index (χ2n) is 3.77. The molecule has 94 valence electrons. The Hall–Kier alpha value is -2.74. The summed E-state index contributed by atoms with van der Waals surface area (Å²) in [5, 5.41) is 11.3. The lowest BCUT2D eigenvalue weighted by Gasteiger charge is -2.07. The average molecular weight is 258 g/mol. The normalized spacial score (nSPS) is 9.74. The van der Waals surface area contributed by atoms with E-state index < -0.39 is 17.5 Å². The standard InChI is InChI=1S/C14H8F2N2O/c15-11-3-1-2-9(6-11)14(19)18-13-5-4-12(16)7-10(13)8-17/h1-7H,(H,18,19). The fraction of sp³-hybridized carbons (Fsp3) is 0. The zero-order valence-corrected chi connectivity index (χ0v) is 9.65. The van der Waals surface area contributed by atoms with Gasteiger partial charge in [0.2, 0.25) is 0 Å². The number of hydrogen-bond acceptors (Lipinski definition) is 2. The predicted octanol–water partition coefficient (Wildman–Crippen LogP) is 3.09. The van der Waals surface area contributed by atoms with Gasteiger partial charge >= 0.3 is 0 Å². The molecular weight excluding hydrogens is 250 g/mol. The van der Waals surface area contributed by atoms with Crippen LogP contribution < -0.4 is 5.32 Å². The van der Waals surface area contributed by atoms with E-state index in [4.69, 9.17) is 5.26 Å². The largest absolute Gasteiger partial charge is 0.321 e. The Morgan fingerprint density at radius 2 is 1.84 bits per heavy atom. The molecule has 0 atom stereocenters. The van der Waals surface area contributed by atoms with Crippen LogP contribution in [0.15, 0.2) is 42.5 Å². The predicted molar refractivity (Wildman–Crippen MR) is 65.5 cm³/mol. The van der Waals surface area contributed by atoms with Crippen molar-refractivity contribution in [3.8, 4) is 6.07 Å². The average Bonchev–Trinajstić information content (AvgIpc) is 2.40. The smallest absolute Gasteiger partial charge is 0.255 e. The van der Waals surface area contributed by atoms with Gasteiger partial charge < -0.3 is 5.32 Å². The molecule has 2 aromatic rings. The SMILES string of the molecule is N#Cc1cc(F)ccc1NC(=O)c1cccc(F)c1. The minimum absolute atomic E-state index is 0.00440. The van der Waals surface area contributed by atoms with Gasteiger partial charge in [0.1, 0.15) is 17.7 Å². The summed E-state index contributed by atoms with van der Waals surface area (Å²) in [7, 11) is 0. The van der Waals surface area contributed by atoms with Gasteiger partial charge in [-0.25, -0.2) is 8.78 Å². The minimum atomic E-state index is -0.569. The second kappa shape index (κ2) is 5.27. The molecular formula is C14H8F2N2O. The first-order chi connectivity index (χ1) is 9.10. The number of benzene rings is 2. The van der Waals surface area contributed by atoms with Crippen molar-refractivity contribution in [2.24, 2.45) is 0 Å². The zero-order valence-electron chi connectivity index (χ0n) is 9.65. The number of rotatable bonds is 2. The molecule has 2 rings (SSSR count). The van der Waals surface area contributed by atoms with Crippen LogP contribution in [0, 0.1) is 23.0 Å². The first-order valence-electron chi connectivity index (χ1n) is 5.37. The van der Waals surface area contributed by atoms with Crippen molar-refractivity contribution in [2.45, 2.75) is 0 Å². The third-order valence-electron chi connectivity index (χ3n) is 2.44. The topological polar surface area (TPSA) is 52.9 Å². The van der Waals surface area contributed by atoms with Gasteiger partial charge in [0.25, 0.3) is 5.91 Å². The number of nitrogens with one attached hydrogen (secondary N) is 1. The van der Waals surface area contributed by atoms with E-state index in [1.54, 1.807) is 6.07 Å². The van der Waals surface area contributed by atoms with Gasteiger partial charge in [0.05, 0.1) is 11.3 Å². The van der Waals surface area contributed by atoms with Crippen LogP contribution in [0.1, 0.15) is 15.9 Å². The molecule has 19 heavy (non-hydrogen) atoms. The van der Waals surface area contributed by atoms with Crippen molar-refractivity contribution in [1.82, 2.24) is 0 Å². The van der Waals surface area contributed by atoms with E-state index in [0.717, 1.165) is 18.2 Å². The molecule has 0 spiro atoms. The third kappa shape index (κ3) is 2.93. The summed E-state index contributed by atoms with van der Waals surface area (Å²) in [6.07, 6.45) is 0. The molecule has 1 amide bonds. The summed E-state index contributed by atoms with van der Waals surface area (Å²) >= 11 is 0. The quantitative estimate of drug-likeness (QED) is 0.899. The number of anilines is 1. The summed E-state index contributed by atoms with van der Waals surface area (Å²) < 4.78 is 25.9. The summed E-state index contributed by atoms with van der Waals surface area (Å²) in [4.78, 5) is 11.8. The Balaban J connectivity index is 2.27. The van der Waals surface area contributed by atoms with E-state index in [1.165, 1.54) is 24.3 Å². The molecule has 0 heterocycles. The lowest BCUT2D eigenvalue weighted by Crippen LogP contribution is -2.13. The maximum Gasteiger partial charge on any atom is 0.255 e. The number of hydrogen-bond donors (Lipinski definition) is 1. The molecule has 0 saturated heterocycles. The molecule has 0 saturated carbocycles. The summed E-state index contributed by atoms with van der Waals surface area (Å²) in [5.41, 5.74) is 0.302. The Labute approximate surface area is 108 Å². The fourth-order valence-corrected chi connectivity index (χ4v) is 1.54. The van der Waals surface area contributed by atoms with E-state index in [0.29, 0.717) is 0 Å². The number of carbonyl (C=O) groups excluding carboxylic acids is 1. The molecule has 0 radical (unpaired) electrons. The van der Waals surface area contributed by atoms with Crippen LogP contribution in [-0.2, 0) is 0 Å². The summed E-state index contributed by atoms with van der Waals surface area (Å²) in [6, 6.07) is 10.3. The van der Waals surface area contributed by atoms with Crippen molar-refractivity contribution in [1.29, 1.82) is 5.26 Å². The van der Waals surface area contributed by atoms with Crippen molar-refractivity contribution >= 4 is 11.6 Å². The van der Waals surface area contributed by atoms with Crippen LogP contribution in [0.2, 0.25) is 0 Å². The highest BCUT2D eigenvalue weighted by atomic mass is 19.1. The molecule has 3 nitrogen and oxygen atoms in total. The minimum Gasteiger partial charge on any atom is -0.321 e. The van der Waals surface area contributed by atoms with E-state index in [-0.39, 0.29) is 16.8 Å². The van der Waals surface area contributed by atoms with E-state index in [2.05, 4.69) is 5.32 Å². The van der Waals surface area contributed by atoms with E-state index >= 15 is 0 Å². The van der Waals surface area contributed by atoms with Crippen molar-refractivity contribution in [2.75, 3.05) is 5.32 Å². The molecule has 0 aromatic heterocycles. The van der Waals surface area contributed by atoms with Gasteiger partial charge in [-0.1, -0.05) is 6.07 Å². The van der Waals surface area contributed by atoms with Crippen LogP contribution in [0.25, 0.3) is 0 Å². The van der Waals surface area contributed by atoms with Crippen LogP contribution in [0.4, 0.5) is 14.5 Å². The molecule has 0 aliphatic rings. The van der Waals surface area contributed by atoms with Crippen LogP contribution in [0.3, 0.4) is 0 Å². The Morgan fingerprint density at radius 1 is 1.11 bits per heavy atom. The lowest BCUT2D eigenvalue weighted by atomic mass is 10.1. The molecule has 0 fully saturated rings. The van der Waals surface area contributed by atoms with Gasteiger partial charge in [0, 0.05) is 5.56 Å².